The van der Waals surface area contributed by atoms with E-state index in [0.29, 0.717) is 5.69 Å². The van der Waals surface area contributed by atoms with Crippen molar-refractivity contribution in [2.24, 2.45) is 0 Å². The Kier molecular flexibility index (Phi) is 3.47. The van der Waals surface area contributed by atoms with Gasteiger partial charge in [0.1, 0.15) is 11.9 Å². The van der Waals surface area contributed by atoms with Crippen molar-refractivity contribution in [1.82, 2.24) is 20.3 Å². The molecule has 0 aromatic carbocycles. The number of nitrogens with zero attached hydrogens (tertiary/aromatic N) is 2. The second kappa shape index (κ2) is 5.22. The van der Waals surface area contributed by atoms with Gasteiger partial charge in [-0.3, -0.25) is 9.59 Å². The van der Waals surface area contributed by atoms with Crippen LogP contribution in [0.1, 0.15) is 21.7 Å². The predicted octanol–water partition coefficient (Wildman–Crippen LogP) is 0.403. The smallest absolute Gasteiger partial charge is 0.260 e. The first-order chi connectivity index (χ1) is 8.66. The van der Waals surface area contributed by atoms with Crippen molar-refractivity contribution >= 4 is 5.91 Å². The summed E-state index contributed by atoms with van der Waals surface area (Å²) in [6.07, 6.45) is 2.92. The highest BCUT2D eigenvalue weighted by atomic mass is 16.2. The first kappa shape index (κ1) is 12.0. The van der Waals surface area contributed by atoms with Crippen LogP contribution in [0.2, 0.25) is 0 Å². The van der Waals surface area contributed by atoms with Gasteiger partial charge >= 0.3 is 0 Å². The SMILES string of the molecule is Cc1cc(CNC(=O)c2ccc[nH]c2=O)ncn1. The van der Waals surface area contributed by atoms with Crippen molar-refractivity contribution in [1.29, 1.82) is 0 Å². The molecule has 2 heterocycles. The van der Waals surface area contributed by atoms with Crippen LogP contribution in [-0.2, 0) is 6.54 Å². The number of carbonyl (C=O) groups excluding carboxylic acids is 1. The highest BCUT2D eigenvalue weighted by Gasteiger charge is 2.09. The Balaban J connectivity index is 2.05. The molecule has 0 aliphatic heterocycles. The monoisotopic (exact) mass is 244 g/mol. The lowest BCUT2D eigenvalue weighted by molar-refractivity contribution is 0.0949. The van der Waals surface area contributed by atoms with Crippen LogP contribution in [0.15, 0.2) is 35.5 Å². The molecule has 0 radical (unpaired) electrons. The minimum absolute atomic E-state index is 0.0864. The second-order valence-electron chi connectivity index (χ2n) is 3.75. The molecule has 92 valence electrons. The molecule has 2 rings (SSSR count). The molecule has 0 spiro atoms. The number of pyridine rings is 1. The van der Waals surface area contributed by atoms with E-state index in [0.717, 1.165) is 5.69 Å². The van der Waals surface area contributed by atoms with Crippen molar-refractivity contribution in [3.05, 3.63) is 58.0 Å². The van der Waals surface area contributed by atoms with Crippen LogP contribution in [0.25, 0.3) is 0 Å². The normalized spacial score (nSPS) is 10.1. The molecule has 0 aliphatic carbocycles. The van der Waals surface area contributed by atoms with Crippen LogP contribution in [-0.4, -0.2) is 20.9 Å². The maximum absolute atomic E-state index is 11.7. The first-order valence-corrected chi connectivity index (χ1v) is 5.40. The van der Waals surface area contributed by atoms with Crippen LogP contribution >= 0.6 is 0 Å². The lowest BCUT2D eigenvalue weighted by atomic mass is 10.2. The average Bonchev–Trinajstić information content (AvgIpc) is 2.37. The summed E-state index contributed by atoms with van der Waals surface area (Å²) in [5.41, 5.74) is 1.20. The molecule has 0 atom stereocenters. The summed E-state index contributed by atoms with van der Waals surface area (Å²) >= 11 is 0. The Morgan fingerprint density at radius 1 is 1.44 bits per heavy atom. The topological polar surface area (TPSA) is 87.7 Å². The zero-order valence-electron chi connectivity index (χ0n) is 9.80. The molecule has 2 N–H and O–H groups in total. The Morgan fingerprint density at radius 3 is 3.00 bits per heavy atom. The van der Waals surface area contributed by atoms with Crippen LogP contribution in [0.3, 0.4) is 0 Å². The number of carbonyl (C=O) groups is 1. The maximum atomic E-state index is 11.7. The summed E-state index contributed by atoms with van der Waals surface area (Å²) in [5, 5.41) is 2.63. The summed E-state index contributed by atoms with van der Waals surface area (Å²) in [5.74, 6) is -0.423. The highest BCUT2D eigenvalue weighted by molar-refractivity contribution is 5.93. The van der Waals surface area contributed by atoms with E-state index in [1.165, 1.54) is 18.6 Å². The van der Waals surface area contributed by atoms with Gasteiger partial charge in [0.25, 0.3) is 11.5 Å². The Bertz CT molecular complexity index is 621. The molecular formula is C12H12N4O2. The number of rotatable bonds is 3. The molecule has 0 bridgehead atoms. The molecule has 1 amide bonds. The van der Waals surface area contributed by atoms with E-state index >= 15 is 0 Å². The number of aromatic nitrogens is 3. The fraction of sp³-hybridized carbons (Fsp3) is 0.167. The average molecular weight is 244 g/mol. The second-order valence-corrected chi connectivity index (χ2v) is 3.75. The quantitative estimate of drug-likeness (QED) is 0.818. The largest absolute Gasteiger partial charge is 0.346 e. The minimum atomic E-state index is -0.423. The Hall–Kier alpha value is -2.50. The molecular weight excluding hydrogens is 232 g/mol. The van der Waals surface area contributed by atoms with E-state index in [1.807, 2.05) is 6.92 Å². The van der Waals surface area contributed by atoms with E-state index in [1.54, 1.807) is 12.1 Å². The van der Waals surface area contributed by atoms with Gasteiger partial charge in [0.2, 0.25) is 0 Å². The number of hydrogen-bond donors (Lipinski definition) is 2. The first-order valence-electron chi connectivity index (χ1n) is 5.40. The van der Waals surface area contributed by atoms with E-state index in [4.69, 9.17) is 0 Å². The van der Waals surface area contributed by atoms with Crippen molar-refractivity contribution in [2.45, 2.75) is 13.5 Å². The number of aryl methyl sites for hydroxylation is 1. The van der Waals surface area contributed by atoms with Crippen molar-refractivity contribution in [2.75, 3.05) is 0 Å². The van der Waals surface area contributed by atoms with E-state index in [2.05, 4.69) is 20.3 Å². The Morgan fingerprint density at radius 2 is 2.28 bits per heavy atom. The van der Waals surface area contributed by atoms with Gasteiger partial charge in [-0.15, -0.1) is 0 Å². The zero-order valence-corrected chi connectivity index (χ0v) is 9.80. The molecule has 18 heavy (non-hydrogen) atoms. The molecule has 0 saturated heterocycles. The van der Waals surface area contributed by atoms with Crippen LogP contribution in [0.4, 0.5) is 0 Å². The van der Waals surface area contributed by atoms with Gasteiger partial charge in [-0.1, -0.05) is 0 Å². The summed E-state index contributed by atoms with van der Waals surface area (Å²) < 4.78 is 0. The predicted molar refractivity (Wildman–Crippen MR) is 65.0 cm³/mol. The molecule has 0 unspecified atom stereocenters. The fourth-order valence-corrected chi connectivity index (χ4v) is 1.47. The molecule has 0 saturated carbocycles. The number of aromatic amines is 1. The molecule has 0 aliphatic rings. The van der Waals surface area contributed by atoms with Gasteiger partial charge in [-0.05, 0) is 25.1 Å². The fourth-order valence-electron chi connectivity index (χ4n) is 1.47. The summed E-state index contributed by atoms with van der Waals surface area (Å²) in [7, 11) is 0. The third-order valence-electron chi connectivity index (χ3n) is 2.35. The zero-order chi connectivity index (χ0) is 13.0. The summed E-state index contributed by atoms with van der Waals surface area (Å²) in [6, 6.07) is 4.85. The van der Waals surface area contributed by atoms with Crippen molar-refractivity contribution in [3.8, 4) is 0 Å². The summed E-state index contributed by atoms with van der Waals surface area (Å²) in [4.78, 5) is 33.6. The van der Waals surface area contributed by atoms with Crippen LogP contribution < -0.4 is 10.9 Å². The minimum Gasteiger partial charge on any atom is -0.346 e. The molecule has 6 heteroatoms. The number of hydrogen-bond acceptors (Lipinski definition) is 4. The Labute approximate surface area is 103 Å². The van der Waals surface area contributed by atoms with E-state index in [9.17, 15) is 9.59 Å². The number of H-pyrrole nitrogens is 1. The third kappa shape index (κ3) is 2.79. The van der Waals surface area contributed by atoms with Crippen molar-refractivity contribution < 1.29 is 4.79 Å². The molecule has 0 fully saturated rings. The highest BCUT2D eigenvalue weighted by Crippen LogP contribution is 1.97. The van der Waals surface area contributed by atoms with Crippen LogP contribution in [0.5, 0.6) is 0 Å². The van der Waals surface area contributed by atoms with Crippen molar-refractivity contribution in [3.63, 3.8) is 0 Å². The number of amides is 1. The lowest BCUT2D eigenvalue weighted by Crippen LogP contribution is -2.29. The standard InChI is InChI=1S/C12H12N4O2/c1-8-5-9(16-7-15-8)6-14-12(18)10-3-2-4-13-11(10)17/h2-5,7H,6H2,1H3,(H,13,17)(H,14,18). The van der Waals surface area contributed by atoms with E-state index in [-0.39, 0.29) is 12.1 Å². The van der Waals surface area contributed by atoms with Gasteiger partial charge in [0.05, 0.1) is 12.2 Å². The van der Waals surface area contributed by atoms with Gasteiger partial charge in [-0.2, -0.15) is 0 Å². The van der Waals surface area contributed by atoms with Gasteiger partial charge in [0.15, 0.2) is 0 Å². The number of nitrogens with one attached hydrogen (secondary N) is 2. The molecule has 6 nitrogen and oxygen atoms in total. The van der Waals surface area contributed by atoms with Gasteiger partial charge in [0, 0.05) is 11.9 Å². The molecule has 2 aromatic rings. The molecule has 2 aromatic heterocycles. The van der Waals surface area contributed by atoms with Gasteiger partial charge < -0.3 is 10.3 Å². The third-order valence-corrected chi connectivity index (χ3v) is 2.35. The van der Waals surface area contributed by atoms with Gasteiger partial charge in [-0.25, -0.2) is 9.97 Å². The van der Waals surface area contributed by atoms with E-state index < -0.39 is 11.5 Å². The van der Waals surface area contributed by atoms with Crippen LogP contribution in [0, 0.1) is 6.92 Å². The maximum Gasteiger partial charge on any atom is 0.260 e. The summed E-state index contributed by atoms with van der Waals surface area (Å²) in [6.45, 7) is 2.10. The lowest BCUT2D eigenvalue weighted by Gasteiger charge is -2.04.